The standard InChI is InChI=1S/C20H37NO4/c1-17(2)11-20(23-14-19(5,13-22)15-24-20)12-18(3,4)21(17)25-16-9-7-6-8-10-16/h16,22H,6-15H2,1-5H3. The third kappa shape index (κ3) is 4.06. The van der Waals surface area contributed by atoms with Gasteiger partial charge in [0, 0.05) is 29.3 Å². The molecule has 146 valence electrons. The molecule has 3 rings (SSSR count). The molecule has 3 fully saturated rings. The number of ether oxygens (including phenoxy) is 2. The van der Waals surface area contributed by atoms with E-state index >= 15 is 0 Å². The fourth-order valence-corrected chi connectivity index (χ4v) is 4.94. The van der Waals surface area contributed by atoms with Gasteiger partial charge in [0.1, 0.15) is 0 Å². The maximum absolute atomic E-state index is 9.58. The summed E-state index contributed by atoms with van der Waals surface area (Å²) < 4.78 is 12.5. The average molecular weight is 356 g/mol. The SMILES string of the molecule is CC1(CO)COC2(CC(C)(C)N(OC3CCCCC3)C(C)(C)C2)OC1. The molecule has 25 heavy (non-hydrogen) atoms. The van der Waals surface area contributed by atoms with E-state index in [0.717, 1.165) is 25.7 Å². The molecule has 0 unspecified atom stereocenters. The summed E-state index contributed by atoms with van der Waals surface area (Å²) in [5.74, 6) is -0.575. The highest BCUT2D eigenvalue weighted by Gasteiger charge is 2.57. The number of aliphatic hydroxyl groups excluding tert-OH is 1. The Kier molecular flexibility index (Phi) is 5.28. The van der Waals surface area contributed by atoms with E-state index in [1.807, 2.05) is 6.92 Å². The molecule has 0 radical (unpaired) electrons. The van der Waals surface area contributed by atoms with E-state index in [2.05, 4.69) is 32.8 Å². The number of nitrogens with zero attached hydrogens (tertiary/aromatic N) is 1. The number of rotatable bonds is 3. The molecule has 0 aromatic rings. The van der Waals surface area contributed by atoms with Crippen LogP contribution in [0.15, 0.2) is 0 Å². The second kappa shape index (κ2) is 6.75. The first-order chi connectivity index (χ1) is 11.6. The van der Waals surface area contributed by atoms with Crippen LogP contribution in [0, 0.1) is 5.41 Å². The third-order valence-corrected chi connectivity index (χ3v) is 6.06. The van der Waals surface area contributed by atoms with E-state index in [9.17, 15) is 5.11 Å². The second-order valence-electron chi connectivity index (χ2n) is 10.1. The summed E-state index contributed by atoms with van der Waals surface area (Å²) in [5.41, 5.74) is -0.645. The van der Waals surface area contributed by atoms with Crippen LogP contribution < -0.4 is 0 Å². The van der Waals surface area contributed by atoms with Crippen LogP contribution in [0.25, 0.3) is 0 Å². The second-order valence-corrected chi connectivity index (χ2v) is 10.1. The van der Waals surface area contributed by atoms with Crippen LogP contribution in [0.3, 0.4) is 0 Å². The number of piperidine rings is 1. The van der Waals surface area contributed by atoms with Crippen LogP contribution in [0.1, 0.15) is 79.6 Å². The van der Waals surface area contributed by atoms with E-state index in [0.29, 0.717) is 19.3 Å². The van der Waals surface area contributed by atoms with Crippen molar-refractivity contribution in [1.29, 1.82) is 0 Å². The summed E-state index contributed by atoms with van der Waals surface area (Å²) in [4.78, 5) is 6.54. The molecule has 1 aliphatic carbocycles. The van der Waals surface area contributed by atoms with Gasteiger partial charge in [-0.2, -0.15) is 5.06 Å². The van der Waals surface area contributed by atoms with E-state index in [1.165, 1.54) is 19.3 Å². The quantitative estimate of drug-likeness (QED) is 0.837. The van der Waals surface area contributed by atoms with Crippen molar-refractivity contribution in [3.63, 3.8) is 0 Å². The Morgan fingerprint density at radius 1 is 0.920 bits per heavy atom. The molecule has 0 atom stereocenters. The van der Waals surface area contributed by atoms with Gasteiger partial charge >= 0.3 is 0 Å². The molecule has 5 heteroatoms. The van der Waals surface area contributed by atoms with Crippen molar-refractivity contribution in [3.05, 3.63) is 0 Å². The number of hydrogen-bond acceptors (Lipinski definition) is 5. The number of hydrogen-bond donors (Lipinski definition) is 1. The van der Waals surface area contributed by atoms with Gasteiger partial charge in [0.25, 0.3) is 0 Å². The predicted molar refractivity (Wildman–Crippen MR) is 97.0 cm³/mol. The zero-order valence-electron chi connectivity index (χ0n) is 16.8. The summed E-state index contributed by atoms with van der Waals surface area (Å²) in [7, 11) is 0. The molecular formula is C20H37NO4. The monoisotopic (exact) mass is 355 g/mol. The van der Waals surface area contributed by atoms with Gasteiger partial charge in [-0.3, -0.25) is 4.84 Å². The number of aliphatic hydroxyl groups is 1. The first-order valence-electron chi connectivity index (χ1n) is 9.96. The molecule has 0 bridgehead atoms. The number of hydroxylamine groups is 2. The summed E-state index contributed by atoms with van der Waals surface area (Å²) in [5, 5.41) is 11.8. The fraction of sp³-hybridized carbons (Fsp3) is 1.00. The Labute approximate surface area is 153 Å². The Hall–Kier alpha value is -0.200. The highest BCUT2D eigenvalue weighted by atomic mass is 16.7. The minimum atomic E-state index is -0.575. The highest BCUT2D eigenvalue weighted by Crippen LogP contribution is 2.49. The van der Waals surface area contributed by atoms with Crippen LogP contribution in [-0.2, 0) is 14.3 Å². The zero-order valence-corrected chi connectivity index (χ0v) is 16.8. The largest absolute Gasteiger partial charge is 0.396 e. The van der Waals surface area contributed by atoms with Crippen molar-refractivity contribution in [2.75, 3.05) is 19.8 Å². The lowest BCUT2D eigenvalue weighted by Crippen LogP contribution is -2.68. The van der Waals surface area contributed by atoms with Crippen molar-refractivity contribution in [2.45, 2.75) is 103 Å². The van der Waals surface area contributed by atoms with Gasteiger partial charge in [-0.25, -0.2) is 0 Å². The van der Waals surface area contributed by atoms with Crippen LogP contribution in [0.4, 0.5) is 0 Å². The van der Waals surface area contributed by atoms with Crippen molar-refractivity contribution in [1.82, 2.24) is 5.06 Å². The van der Waals surface area contributed by atoms with Crippen LogP contribution in [0.2, 0.25) is 0 Å². The van der Waals surface area contributed by atoms with Gasteiger partial charge in [0.05, 0.1) is 25.9 Å². The molecule has 0 aromatic carbocycles. The topological polar surface area (TPSA) is 51.2 Å². The first-order valence-corrected chi connectivity index (χ1v) is 9.96. The van der Waals surface area contributed by atoms with Gasteiger partial charge in [0.15, 0.2) is 5.79 Å². The van der Waals surface area contributed by atoms with Crippen LogP contribution >= 0.6 is 0 Å². The van der Waals surface area contributed by atoms with E-state index in [4.69, 9.17) is 14.3 Å². The summed E-state index contributed by atoms with van der Waals surface area (Å²) >= 11 is 0. The molecule has 1 saturated carbocycles. The van der Waals surface area contributed by atoms with E-state index < -0.39 is 5.79 Å². The molecule has 2 aliphatic heterocycles. The molecule has 0 aromatic heterocycles. The minimum absolute atomic E-state index is 0.0901. The smallest absolute Gasteiger partial charge is 0.171 e. The Balaban J connectivity index is 1.73. The predicted octanol–water partition coefficient (Wildman–Crippen LogP) is 3.65. The maximum Gasteiger partial charge on any atom is 0.171 e. The lowest BCUT2D eigenvalue weighted by atomic mass is 9.77. The van der Waals surface area contributed by atoms with Gasteiger partial charge in [0.2, 0.25) is 0 Å². The zero-order chi connectivity index (χ0) is 18.3. The van der Waals surface area contributed by atoms with Crippen LogP contribution in [-0.4, -0.2) is 53.0 Å². The minimum Gasteiger partial charge on any atom is -0.396 e. The molecule has 3 aliphatic rings. The Morgan fingerprint density at radius 2 is 1.44 bits per heavy atom. The summed E-state index contributed by atoms with van der Waals surface area (Å²) in [6.07, 6.45) is 8.10. The lowest BCUT2D eigenvalue weighted by Gasteiger charge is -2.60. The Bertz CT molecular complexity index is 442. The molecule has 2 heterocycles. The van der Waals surface area contributed by atoms with Gasteiger partial charge in [-0.1, -0.05) is 26.2 Å². The summed E-state index contributed by atoms with van der Waals surface area (Å²) in [6.45, 7) is 12.1. The molecule has 0 amide bonds. The van der Waals surface area contributed by atoms with Crippen molar-refractivity contribution < 1.29 is 19.4 Å². The average Bonchev–Trinajstić information content (AvgIpc) is 2.55. The third-order valence-electron chi connectivity index (χ3n) is 6.06. The van der Waals surface area contributed by atoms with Crippen LogP contribution in [0.5, 0.6) is 0 Å². The van der Waals surface area contributed by atoms with E-state index in [-0.39, 0.29) is 23.1 Å². The molecule has 1 N–H and O–H groups in total. The van der Waals surface area contributed by atoms with Crippen molar-refractivity contribution in [3.8, 4) is 0 Å². The molecular weight excluding hydrogens is 318 g/mol. The van der Waals surface area contributed by atoms with Gasteiger partial charge in [-0.05, 0) is 40.5 Å². The van der Waals surface area contributed by atoms with Gasteiger partial charge in [-0.15, -0.1) is 0 Å². The van der Waals surface area contributed by atoms with E-state index in [1.54, 1.807) is 0 Å². The normalized spacial score (nSPS) is 31.9. The summed E-state index contributed by atoms with van der Waals surface area (Å²) in [6, 6.07) is 0. The van der Waals surface area contributed by atoms with Crippen molar-refractivity contribution in [2.24, 2.45) is 5.41 Å². The highest BCUT2D eigenvalue weighted by molar-refractivity contribution is 5.03. The fourth-order valence-electron chi connectivity index (χ4n) is 4.94. The van der Waals surface area contributed by atoms with Gasteiger partial charge < -0.3 is 14.6 Å². The van der Waals surface area contributed by atoms with Crippen molar-refractivity contribution >= 4 is 0 Å². The first kappa shape index (κ1) is 19.6. The Morgan fingerprint density at radius 3 is 1.92 bits per heavy atom. The lowest BCUT2D eigenvalue weighted by molar-refractivity contribution is -0.390. The molecule has 1 spiro atoms. The maximum atomic E-state index is 9.58. The molecule has 5 nitrogen and oxygen atoms in total. The molecule has 2 saturated heterocycles.